The Morgan fingerprint density at radius 3 is 2.64 bits per heavy atom. The van der Waals surface area contributed by atoms with Gasteiger partial charge in [0.2, 0.25) is 11.8 Å². The van der Waals surface area contributed by atoms with Gasteiger partial charge in [-0.25, -0.2) is 0 Å². The van der Waals surface area contributed by atoms with Crippen LogP contribution >= 0.6 is 11.6 Å². The summed E-state index contributed by atoms with van der Waals surface area (Å²) in [6.45, 7) is -0.407. The summed E-state index contributed by atoms with van der Waals surface area (Å²) in [6, 6.07) is 13.7. The van der Waals surface area contributed by atoms with E-state index in [0.29, 0.717) is 21.8 Å². The summed E-state index contributed by atoms with van der Waals surface area (Å²) in [5.41, 5.74) is 0.223. The highest BCUT2D eigenvalue weighted by Gasteiger charge is 2.10. The van der Waals surface area contributed by atoms with Gasteiger partial charge in [0.05, 0.1) is 18.7 Å². The first kappa shape index (κ1) is 19.4. The Morgan fingerprint density at radius 2 is 1.89 bits per heavy atom. The van der Waals surface area contributed by atoms with Crippen LogP contribution in [0.4, 0.5) is 5.69 Å². The van der Waals surface area contributed by atoms with Gasteiger partial charge >= 0.3 is 0 Å². The van der Waals surface area contributed by atoms with Gasteiger partial charge in [-0.2, -0.15) is 0 Å². The molecule has 7 nitrogen and oxygen atoms in total. The minimum atomic E-state index is -0.444. The maximum absolute atomic E-state index is 12.4. The Kier molecular flexibility index (Phi) is 5.96. The minimum Gasteiger partial charge on any atom is -0.495 e. The third kappa shape index (κ3) is 4.50. The van der Waals surface area contributed by atoms with Crippen molar-refractivity contribution in [2.24, 2.45) is 0 Å². The SMILES string of the molecule is COc1ccc(NC(=O)CNC(=O)Cn2ccc3ccccc3c2=O)cc1Cl. The normalized spacial score (nSPS) is 10.5. The summed E-state index contributed by atoms with van der Waals surface area (Å²) in [5.74, 6) is -0.366. The van der Waals surface area contributed by atoms with Crippen LogP contribution in [0, 0.1) is 0 Å². The van der Waals surface area contributed by atoms with Gasteiger partial charge in [-0.1, -0.05) is 29.8 Å². The second kappa shape index (κ2) is 8.58. The smallest absolute Gasteiger partial charge is 0.258 e. The van der Waals surface area contributed by atoms with Crippen LogP contribution in [-0.4, -0.2) is 30.0 Å². The molecule has 0 spiro atoms. The van der Waals surface area contributed by atoms with E-state index in [0.717, 1.165) is 5.39 Å². The fourth-order valence-corrected chi connectivity index (χ4v) is 2.95. The number of nitrogens with zero attached hydrogens (tertiary/aromatic N) is 1. The van der Waals surface area contributed by atoms with Crippen molar-refractivity contribution >= 4 is 39.9 Å². The topological polar surface area (TPSA) is 89.4 Å². The number of hydrogen-bond acceptors (Lipinski definition) is 4. The zero-order chi connectivity index (χ0) is 20.1. The van der Waals surface area contributed by atoms with E-state index < -0.39 is 11.8 Å². The Balaban J connectivity index is 1.57. The number of benzene rings is 2. The van der Waals surface area contributed by atoms with Gasteiger partial charge < -0.3 is 19.9 Å². The molecule has 2 aromatic carbocycles. The van der Waals surface area contributed by atoms with E-state index >= 15 is 0 Å². The molecule has 0 atom stereocenters. The number of rotatable bonds is 6. The van der Waals surface area contributed by atoms with E-state index in [4.69, 9.17) is 16.3 Å². The molecule has 0 radical (unpaired) electrons. The first-order valence-corrected chi connectivity index (χ1v) is 8.84. The molecule has 0 aliphatic carbocycles. The highest BCUT2D eigenvalue weighted by Crippen LogP contribution is 2.27. The molecule has 0 fully saturated rings. The van der Waals surface area contributed by atoms with Gasteiger partial charge in [0.1, 0.15) is 12.3 Å². The van der Waals surface area contributed by atoms with Gasteiger partial charge in [0, 0.05) is 17.3 Å². The van der Waals surface area contributed by atoms with E-state index in [1.807, 2.05) is 12.1 Å². The molecule has 28 heavy (non-hydrogen) atoms. The zero-order valence-electron chi connectivity index (χ0n) is 15.1. The van der Waals surface area contributed by atoms with Crippen molar-refractivity contribution in [1.82, 2.24) is 9.88 Å². The number of methoxy groups -OCH3 is 1. The number of carbonyl (C=O) groups excluding carboxylic acids is 2. The number of aromatic nitrogens is 1. The lowest BCUT2D eigenvalue weighted by atomic mass is 10.2. The molecule has 2 amide bonds. The van der Waals surface area contributed by atoms with Crippen LogP contribution in [0.1, 0.15) is 0 Å². The molecular formula is C20H18ClN3O4. The van der Waals surface area contributed by atoms with Crippen molar-refractivity contribution in [3.63, 3.8) is 0 Å². The van der Waals surface area contributed by atoms with Crippen LogP contribution in [0.3, 0.4) is 0 Å². The number of pyridine rings is 1. The molecule has 0 aliphatic rings. The van der Waals surface area contributed by atoms with Crippen molar-refractivity contribution in [3.8, 4) is 5.75 Å². The van der Waals surface area contributed by atoms with Crippen LogP contribution < -0.4 is 20.9 Å². The lowest BCUT2D eigenvalue weighted by Crippen LogP contribution is -2.37. The molecule has 0 aliphatic heterocycles. The number of anilines is 1. The van der Waals surface area contributed by atoms with Gasteiger partial charge in [-0.05, 0) is 35.7 Å². The number of fused-ring (bicyclic) bond motifs is 1. The first-order chi connectivity index (χ1) is 13.5. The monoisotopic (exact) mass is 399 g/mol. The molecule has 2 N–H and O–H groups in total. The average Bonchev–Trinajstić information content (AvgIpc) is 2.69. The van der Waals surface area contributed by atoms with Crippen LogP contribution in [0.2, 0.25) is 5.02 Å². The second-order valence-electron chi connectivity index (χ2n) is 6.01. The molecule has 3 aromatic rings. The van der Waals surface area contributed by atoms with E-state index in [2.05, 4.69) is 10.6 Å². The van der Waals surface area contributed by atoms with Crippen molar-refractivity contribution in [3.05, 3.63) is 70.1 Å². The number of hydrogen-bond donors (Lipinski definition) is 2. The highest BCUT2D eigenvalue weighted by molar-refractivity contribution is 6.32. The Morgan fingerprint density at radius 1 is 1.11 bits per heavy atom. The van der Waals surface area contributed by atoms with Gasteiger partial charge in [-0.15, -0.1) is 0 Å². The molecule has 0 saturated heterocycles. The van der Waals surface area contributed by atoms with Crippen LogP contribution in [-0.2, 0) is 16.1 Å². The largest absolute Gasteiger partial charge is 0.495 e. The molecule has 1 heterocycles. The molecule has 144 valence electrons. The Hall–Kier alpha value is -3.32. The van der Waals surface area contributed by atoms with Crippen LogP contribution in [0.5, 0.6) is 5.75 Å². The van der Waals surface area contributed by atoms with Crippen molar-refractivity contribution < 1.29 is 14.3 Å². The second-order valence-corrected chi connectivity index (χ2v) is 6.42. The fraction of sp³-hybridized carbons (Fsp3) is 0.150. The number of halogens is 1. The summed E-state index contributed by atoms with van der Waals surface area (Å²) in [5, 5.41) is 6.82. The van der Waals surface area contributed by atoms with Crippen molar-refractivity contribution in [2.45, 2.75) is 6.54 Å². The predicted octanol–water partition coefficient (Wildman–Crippen LogP) is 2.42. The molecule has 3 rings (SSSR count). The first-order valence-electron chi connectivity index (χ1n) is 8.46. The van der Waals surface area contributed by atoms with Gasteiger partial charge in [0.25, 0.3) is 5.56 Å². The standard InChI is InChI=1S/C20H18ClN3O4/c1-28-17-7-6-14(10-16(17)21)23-18(25)11-22-19(26)12-24-9-8-13-4-2-3-5-15(13)20(24)27/h2-10H,11-12H2,1H3,(H,22,26)(H,23,25). The summed E-state index contributed by atoms with van der Waals surface area (Å²) < 4.78 is 6.35. The molecule has 0 saturated carbocycles. The van der Waals surface area contributed by atoms with E-state index in [1.165, 1.54) is 11.7 Å². The number of ether oxygens (including phenoxy) is 1. The zero-order valence-corrected chi connectivity index (χ0v) is 15.8. The van der Waals surface area contributed by atoms with E-state index in [-0.39, 0.29) is 18.6 Å². The lowest BCUT2D eigenvalue weighted by molar-refractivity contribution is -0.124. The maximum Gasteiger partial charge on any atom is 0.258 e. The van der Waals surface area contributed by atoms with Crippen molar-refractivity contribution in [1.29, 1.82) is 0 Å². The van der Waals surface area contributed by atoms with Gasteiger partial charge in [0.15, 0.2) is 0 Å². The van der Waals surface area contributed by atoms with Gasteiger partial charge in [-0.3, -0.25) is 14.4 Å². The van der Waals surface area contributed by atoms with E-state index in [9.17, 15) is 14.4 Å². The average molecular weight is 400 g/mol. The maximum atomic E-state index is 12.4. The minimum absolute atomic E-state index is 0.175. The molecule has 0 bridgehead atoms. The Labute approximate surface area is 165 Å². The fourth-order valence-electron chi connectivity index (χ4n) is 2.69. The summed E-state index contributed by atoms with van der Waals surface area (Å²) in [7, 11) is 1.50. The molecule has 0 unspecified atom stereocenters. The highest BCUT2D eigenvalue weighted by atomic mass is 35.5. The third-order valence-corrected chi connectivity index (χ3v) is 4.38. The number of amides is 2. The summed E-state index contributed by atoms with van der Waals surface area (Å²) >= 11 is 6.01. The van der Waals surface area contributed by atoms with E-state index in [1.54, 1.807) is 42.6 Å². The quantitative estimate of drug-likeness (QED) is 0.666. The Bertz CT molecular complexity index is 1090. The predicted molar refractivity (Wildman–Crippen MR) is 108 cm³/mol. The molecule has 8 heteroatoms. The summed E-state index contributed by atoms with van der Waals surface area (Å²) in [6.07, 6.45) is 1.56. The third-order valence-electron chi connectivity index (χ3n) is 4.08. The molecular weight excluding hydrogens is 382 g/mol. The summed E-state index contributed by atoms with van der Waals surface area (Å²) in [4.78, 5) is 36.5. The lowest BCUT2D eigenvalue weighted by Gasteiger charge is -2.10. The van der Waals surface area contributed by atoms with Crippen LogP contribution in [0.15, 0.2) is 59.5 Å². The number of carbonyl (C=O) groups is 2. The van der Waals surface area contributed by atoms with Crippen molar-refractivity contribution in [2.75, 3.05) is 19.0 Å². The molecule has 1 aromatic heterocycles. The van der Waals surface area contributed by atoms with Crippen LogP contribution in [0.25, 0.3) is 10.8 Å². The number of nitrogens with one attached hydrogen (secondary N) is 2.